The van der Waals surface area contributed by atoms with E-state index in [9.17, 15) is 18.0 Å². The summed E-state index contributed by atoms with van der Waals surface area (Å²) in [4.78, 5) is 23.1. The molecule has 0 heterocycles. The first kappa shape index (κ1) is 20.4. The van der Waals surface area contributed by atoms with E-state index < -0.39 is 40.7 Å². The SMILES string of the molecule is CN(CC(=O)OCC(=O)OC(C)(C)C)S(=O)(=O)c1ccc(Cl)cc1. The monoisotopic (exact) mass is 377 g/mol. The van der Waals surface area contributed by atoms with Gasteiger partial charge in [0.15, 0.2) is 6.61 Å². The smallest absolute Gasteiger partial charge is 0.344 e. The van der Waals surface area contributed by atoms with Crippen LogP contribution in [-0.4, -0.2) is 50.5 Å². The minimum Gasteiger partial charge on any atom is -0.457 e. The van der Waals surface area contributed by atoms with Crippen molar-refractivity contribution in [3.05, 3.63) is 29.3 Å². The van der Waals surface area contributed by atoms with E-state index in [-0.39, 0.29) is 4.90 Å². The van der Waals surface area contributed by atoms with Crippen molar-refractivity contribution < 1.29 is 27.5 Å². The maximum absolute atomic E-state index is 12.3. The summed E-state index contributed by atoms with van der Waals surface area (Å²) >= 11 is 5.72. The molecule has 0 aliphatic heterocycles. The summed E-state index contributed by atoms with van der Waals surface area (Å²) in [5.41, 5.74) is -0.696. The molecule has 0 amide bonds. The molecule has 1 aromatic carbocycles. The fourth-order valence-corrected chi connectivity index (χ4v) is 2.85. The van der Waals surface area contributed by atoms with Gasteiger partial charge in [-0.05, 0) is 45.0 Å². The maximum atomic E-state index is 12.3. The van der Waals surface area contributed by atoms with Crippen molar-refractivity contribution in [1.82, 2.24) is 4.31 Å². The van der Waals surface area contributed by atoms with Gasteiger partial charge in [-0.2, -0.15) is 4.31 Å². The molecule has 0 aliphatic rings. The van der Waals surface area contributed by atoms with Gasteiger partial charge in [0.1, 0.15) is 12.1 Å². The van der Waals surface area contributed by atoms with Gasteiger partial charge in [0.05, 0.1) is 4.90 Å². The van der Waals surface area contributed by atoms with Gasteiger partial charge in [0, 0.05) is 12.1 Å². The number of carbonyl (C=O) groups excluding carboxylic acids is 2. The second-order valence-electron chi connectivity index (χ2n) is 5.96. The van der Waals surface area contributed by atoms with Crippen LogP contribution in [0.2, 0.25) is 5.02 Å². The normalized spacial score (nSPS) is 12.1. The highest BCUT2D eigenvalue weighted by Gasteiger charge is 2.24. The quantitative estimate of drug-likeness (QED) is 0.703. The Balaban J connectivity index is 2.60. The van der Waals surface area contributed by atoms with Crippen molar-refractivity contribution in [1.29, 1.82) is 0 Å². The van der Waals surface area contributed by atoms with Crippen molar-refractivity contribution in [3.63, 3.8) is 0 Å². The molecule has 1 aromatic rings. The lowest BCUT2D eigenvalue weighted by molar-refractivity contribution is -0.166. The number of nitrogens with zero attached hydrogens (tertiary/aromatic N) is 1. The molecule has 0 bridgehead atoms. The number of sulfonamides is 1. The fraction of sp³-hybridized carbons (Fsp3) is 0.467. The molecule has 0 atom stereocenters. The molecule has 0 aromatic heterocycles. The molecular weight excluding hydrogens is 358 g/mol. The van der Waals surface area contributed by atoms with Crippen LogP contribution >= 0.6 is 11.6 Å². The van der Waals surface area contributed by atoms with Crippen LogP contribution in [0, 0.1) is 0 Å². The molecule has 0 saturated carbocycles. The summed E-state index contributed by atoms with van der Waals surface area (Å²) in [6.45, 7) is 3.93. The lowest BCUT2D eigenvalue weighted by Crippen LogP contribution is -2.34. The van der Waals surface area contributed by atoms with Crippen LogP contribution < -0.4 is 0 Å². The van der Waals surface area contributed by atoms with Gasteiger partial charge >= 0.3 is 11.9 Å². The fourth-order valence-electron chi connectivity index (χ4n) is 1.61. The highest BCUT2D eigenvalue weighted by atomic mass is 35.5. The molecule has 9 heteroatoms. The van der Waals surface area contributed by atoms with E-state index in [1.807, 2.05) is 0 Å². The van der Waals surface area contributed by atoms with Crippen molar-refractivity contribution in [2.75, 3.05) is 20.2 Å². The average molecular weight is 378 g/mol. The molecule has 0 fully saturated rings. The molecule has 1 rings (SSSR count). The summed E-state index contributed by atoms with van der Waals surface area (Å²) in [6.07, 6.45) is 0. The number of likely N-dealkylation sites (N-methyl/N-ethyl adjacent to an activating group) is 1. The van der Waals surface area contributed by atoms with Crippen LogP contribution in [0.4, 0.5) is 0 Å². The van der Waals surface area contributed by atoms with Gasteiger partial charge in [-0.3, -0.25) is 4.79 Å². The Labute approximate surface area is 146 Å². The molecule has 24 heavy (non-hydrogen) atoms. The number of benzene rings is 1. The van der Waals surface area contributed by atoms with E-state index in [4.69, 9.17) is 21.1 Å². The van der Waals surface area contributed by atoms with E-state index in [0.29, 0.717) is 5.02 Å². The maximum Gasteiger partial charge on any atom is 0.344 e. The number of rotatable bonds is 6. The minimum atomic E-state index is -3.86. The molecule has 0 spiro atoms. The minimum absolute atomic E-state index is 0.00524. The Morgan fingerprint density at radius 3 is 2.17 bits per heavy atom. The van der Waals surface area contributed by atoms with Crippen LogP contribution in [0.25, 0.3) is 0 Å². The van der Waals surface area contributed by atoms with Gasteiger partial charge in [0.25, 0.3) is 0 Å². The zero-order valence-electron chi connectivity index (χ0n) is 13.9. The molecule has 7 nitrogen and oxygen atoms in total. The van der Waals surface area contributed by atoms with Crippen LogP contribution in [-0.2, 0) is 29.1 Å². The zero-order valence-corrected chi connectivity index (χ0v) is 15.5. The number of hydrogen-bond donors (Lipinski definition) is 0. The summed E-state index contributed by atoms with van der Waals surface area (Å²) in [5.74, 6) is -1.57. The number of halogens is 1. The Bertz CT molecular complexity index is 694. The van der Waals surface area contributed by atoms with Crippen LogP contribution in [0.3, 0.4) is 0 Å². The highest BCUT2D eigenvalue weighted by molar-refractivity contribution is 7.89. The van der Waals surface area contributed by atoms with E-state index >= 15 is 0 Å². The lowest BCUT2D eigenvalue weighted by atomic mass is 10.2. The van der Waals surface area contributed by atoms with Crippen molar-refractivity contribution in [2.45, 2.75) is 31.3 Å². The first-order valence-electron chi connectivity index (χ1n) is 7.01. The number of esters is 2. The van der Waals surface area contributed by atoms with Crippen LogP contribution in [0.15, 0.2) is 29.2 Å². The summed E-state index contributed by atoms with van der Waals surface area (Å²) in [6, 6.07) is 5.53. The standard InChI is InChI=1S/C15H20ClNO6S/c1-15(2,3)23-14(19)10-22-13(18)9-17(4)24(20,21)12-7-5-11(16)6-8-12/h5-8H,9-10H2,1-4H3. The molecule has 134 valence electrons. The first-order valence-corrected chi connectivity index (χ1v) is 8.83. The van der Waals surface area contributed by atoms with Crippen molar-refractivity contribution in [2.24, 2.45) is 0 Å². The average Bonchev–Trinajstić information content (AvgIpc) is 2.43. The van der Waals surface area contributed by atoms with Gasteiger partial charge in [-0.1, -0.05) is 11.6 Å². The van der Waals surface area contributed by atoms with Gasteiger partial charge < -0.3 is 9.47 Å². The first-order chi connectivity index (χ1) is 10.9. The topological polar surface area (TPSA) is 90.0 Å². The number of carbonyl (C=O) groups is 2. The Morgan fingerprint density at radius 2 is 1.67 bits per heavy atom. The third kappa shape index (κ3) is 6.46. The van der Waals surface area contributed by atoms with Crippen molar-refractivity contribution >= 4 is 33.6 Å². The molecule has 0 unspecified atom stereocenters. The summed E-state index contributed by atoms with van der Waals surface area (Å²) in [5, 5.41) is 0.397. The second-order valence-corrected chi connectivity index (χ2v) is 8.44. The van der Waals surface area contributed by atoms with Crippen LogP contribution in [0.1, 0.15) is 20.8 Å². The molecule has 0 aliphatic carbocycles. The van der Waals surface area contributed by atoms with Crippen molar-refractivity contribution in [3.8, 4) is 0 Å². The molecule has 0 saturated heterocycles. The zero-order chi connectivity index (χ0) is 18.5. The third-order valence-corrected chi connectivity index (χ3v) is 4.71. The van der Waals surface area contributed by atoms with Gasteiger partial charge in [-0.15, -0.1) is 0 Å². The molecular formula is C15H20ClNO6S. The molecule has 0 radical (unpaired) electrons. The molecule has 0 N–H and O–H groups in total. The lowest BCUT2D eigenvalue weighted by Gasteiger charge is -2.20. The Morgan fingerprint density at radius 1 is 1.12 bits per heavy atom. The Hall–Kier alpha value is -1.64. The van der Waals surface area contributed by atoms with E-state index in [1.165, 1.54) is 31.3 Å². The largest absolute Gasteiger partial charge is 0.457 e. The van der Waals surface area contributed by atoms with E-state index in [1.54, 1.807) is 20.8 Å². The highest BCUT2D eigenvalue weighted by Crippen LogP contribution is 2.17. The number of hydrogen-bond acceptors (Lipinski definition) is 6. The van der Waals surface area contributed by atoms with E-state index in [2.05, 4.69) is 0 Å². The summed E-state index contributed by atoms with van der Waals surface area (Å²) in [7, 11) is -2.63. The predicted octanol–water partition coefficient (Wildman–Crippen LogP) is 1.85. The van der Waals surface area contributed by atoms with Gasteiger partial charge in [0.2, 0.25) is 10.0 Å². The number of ether oxygens (including phenoxy) is 2. The third-order valence-electron chi connectivity index (χ3n) is 2.64. The second kappa shape index (κ2) is 7.96. The summed E-state index contributed by atoms with van der Waals surface area (Å²) < 4.78 is 35.1. The Kier molecular flexibility index (Phi) is 6.76. The van der Waals surface area contributed by atoms with Gasteiger partial charge in [-0.25, -0.2) is 13.2 Å². The van der Waals surface area contributed by atoms with E-state index in [0.717, 1.165) is 4.31 Å². The van der Waals surface area contributed by atoms with Crippen LogP contribution in [0.5, 0.6) is 0 Å². The predicted molar refractivity (Wildman–Crippen MR) is 88.1 cm³/mol.